The number of pyridine rings is 4. The van der Waals surface area contributed by atoms with E-state index < -0.39 is 0 Å². The second kappa shape index (κ2) is 14.2. The molecule has 294 valence electrons. The Hall–Kier alpha value is -8.26. The lowest BCUT2D eigenvalue weighted by atomic mass is 10.0. The number of para-hydroxylation sites is 2. The van der Waals surface area contributed by atoms with Gasteiger partial charge < -0.3 is 4.57 Å². The zero-order valence-electron chi connectivity index (χ0n) is 33.7. The average molecular weight is 823 g/mol. The Bertz CT molecular complexity index is 3860. The van der Waals surface area contributed by atoms with Crippen LogP contribution in [0.1, 0.15) is 0 Å². The largest absolute Gasteiger partial charge is 0.308 e. The van der Waals surface area contributed by atoms with Crippen molar-refractivity contribution < 1.29 is 0 Å². The third-order valence-electron chi connectivity index (χ3n) is 12.2. The Morgan fingerprint density at radius 2 is 1.00 bits per heavy atom. The summed E-state index contributed by atoms with van der Waals surface area (Å²) in [6.45, 7) is 0. The Labute approximate surface area is 365 Å². The Morgan fingerprint density at radius 1 is 0.365 bits per heavy atom. The van der Waals surface area contributed by atoms with E-state index in [0.29, 0.717) is 0 Å². The maximum absolute atomic E-state index is 5.34. The molecule has 6 aromatic carbocycles. The molecule has 13 aromatic rings. The molecule has 0 fully saturated rings. The summed E-state index contributed by atoms with van der Waals surface area (Å²) in [5.74, 6) is 0.884. The van der Waals surface area contributed by atoms with Crippen molar-refractivity contribution in [2.24, 2.45) is 0 Å². The second-order valence-corrected chi connectivity index (χ2v) is 17.0. The number of aromatic nitrogens is 6. The molecule has 63 heavy (non-hydrogen) atoms. The molecule has 0 aliphatic carbocycles. The van der Waals surface area contributed by atoms with Gasteiger partial charge in [0.2, 0.25) is 0 Å². The van der Waals surface area contributed by atoms with Crippen LogP contribution in [-0.4, -0.2) is 29.1 Å². The Morgan fingerprint density at radius 3 is 1.75 bits per heavy atom. The molecule has 0 amide bonds. The minimum Gasteiger partial charge on any atom is -0.308 e. The maximum atomic E-state index is 5.34. The van der Waals surface area contributed by atoms with E-state index in [2.05, 4.69) is 190 Å². The Kier molecular flexibility index (Phi) is 7.98. The number of hydrogen-bond donors (Lipinski definition) is 0. The van der Waals surface area contributed by atoms with E-state index in [1.54, 1.807) is 11.3 Å². The molecule has 13 rings (SSSR count). The zero-order chi connectivity index (χ0) is 41.4. The van der Waals surface area contributed by atoms with Crippen molar-refractivity contribution in [2.45, 2.75) is 0 Å². The zero-order valence-corrected chi connectivity index (χ0v) is 34.5. The average Bonchev–Trinajstić information content (AvgIpc) is 4.01. The highest BCUT2D eigenvalue weighted by molar-refractivity contribution is 7.25. The lowest BCUT2D eigenvalue weighted by Crippen LogP contribution is -2.00. The van der Waals surface area contributed by atoms with Crippen LogP contribution in [0, 0.1) is 0 Å². The Balaban J connectivity index is 0.938. The van der Waals surface area contributed by atoms with E-state index >= 15 is 0 Å². The van der Waals surface area contributed by atoms with E-state index in [1.165, 1.54) is 21.5 Å². The number of hydrogen-bond acceptors (Lipinski definition) is 5. The van der Waals surface area contributed by atoms with E-state index in [-0.39, 0.29) is 0 Å². The van der Waals surface area contributed by atoms with Gasteiger partial charge in [0.15, 0.2) is 0 Å². The summed E-state index contributed by atoms with van der Waals surface area (Å²) in [5, 5.41) is 4.73. The van der Waals surface area contributed by atoms with Crippen LogP contribution in [-0.2, 0) is 0 Å². The van der Waals surface area contributed by atoms with Gasteiger partial charge in [-0.25, -0.2) is 9.97 Å². The van der Waals surface area contributed by atoms with E-state index in [4.69, 9.17) is 15.0 Å². The molecule has 0 saturated heterocycles. The predicted octanol–water partition coefficient (Wildman–Crippen LogP) is 14.5. The van der Waals surface area contributed by atoms with Crippen molar-refractivity contribution in [3.8, 4) is 56.3 Å². The molecule has 0 spiro atoms. The van der Waals surface area contributed by atoms with Crippen LogP contribution >= 0.6 is 11.3 Å². The van der Waals surface area contributed by atoms with Crippen molar-refractivity contribution in [1.82, 2.24) is 29.1 Å². The topological polar surface area (TPSA) is 61.4 Å². The van der Waals surface area contributed by atoms with Crippen LogP contribution in [0.5, 0.6) is 0 Å². The molecule has 0 bridgehead atoms. The summed E-state index contributed by atoms with van der Waals surface area (Å²) in [7, 11) is 0. The van der Waals surface area contributed by atoms with Crippen LogP contribution in [0.2, 0.25) is 0 Å². The predicted molar refractivity (Wildman–Crippen MR) is 261 cm³/mol. The number of fused-ring (bicyclic) bond motifs is 9. The summed E-state index contributed by atoms with van der Waals surface area (Å²) in [5.41, 5.74) is 15.8. The van der Waals surface area contributed by atoms with Gasteiger partial charge in [0, 0.05) is 45.1 Å². The van der Waals surface area contributed by atoms with Crippen molar-refractivity contribution in [1.29, 1.82) is 0 Å². The van der Waals surface area contributed by atoms with E-state index in [9.17, 15) is 0 Å². The van der Waals surface area contributed by atoms with Crippen LogP contribution in [0.3, 0.4) is 0 Å². The third kappa shape index (κ3) is 5.78. The molecule has 0 aliphatic rings. The molecular formula is C56H34N6S. The number of rotatable bonds is 6. The van der Waals surface area contributed by atoms with E-state index in [0.717, 1.165) is 98.8 Å². The minimum absolute atomic E-state index is 0.873. The van der Waals surface area contributed by atoms with Gasteiger partial charge in [0.1, 0.15) is 16.9 Å². The van der Waals surface area contributed by atoms with E-state index in [1.807, 2.05) is 30.7 Å². The van der Waals surface area contributed by atoms with Crippen molar-refractivity contribution >= 4 is 75.4 Å². The number of benzene rings is 6. The molecule has 0 N–H and O–H groups in total. The molecular weight excluding hydrogens is 789 g/mol. The van der Waals surface area contributed by atoms with Crippen LogP contribution in [0.25, 0.3) is 120 Å². The van der Waals surface area contributed by atoms with Crippen LogP contribution in [0.15, 0.2) is 207 Å². The second-order valence-electron chi connectivity index (χ2n) is 15.9. The smallest absolute Gasteiger partial charge is 0.138 e. The first-order chi connectivity index (χ1) is 31.2. The summed E-state index contributed by atoms with van der Waals surface area (Å²) in [4.78, 5) is 19.9. The first-order valence-electron chi connectivity index (χ1n) is 21.0. The maximum Gasteiger partial charge on any atom is 0.138 e. The van der Waals surface area contributed by atoms with Crippen LogP contribution < -0.4 is 0 Å². The summed E-state index contributed by atoms with van der Waals surface area (Å²) in [6.07, 6.45) is 5.68. The highest BCUT2D eigenvalue weighted by atomic mass is 32.1. The normalized spacial score (nSPS) is 11.8. The molecule has 0 saturated carbocycles. The molecule has 6 nitrogen and oxygen atoms in total. The van der Waals surface area contributed by atoms with Gasteiger partial charge in [-0.2, -0.15) is 0 Å². The number of nitrogens with zero attached hydrogens (tertiary/aromatic N) is 6. The lowest BCUT2D eigenvalue weighted by Gasteiger charge is -2.13. The standard InChI is InChI=1S/C56H34N6S/c1-3-12-35(13-4-1)39-31-47(36-14-5-2-6-15-36)59-54(32-39)62-49-19-10-8-17-43(49)45-30-38(22-25-51(45)62)37-21-24-50-44(29-37)42-16-7-9-18-48(42)61(50)41-28-40(33-57-34-41)46-23-26-53-56(60-46)55-52(63-53)20-11-27-58-55/h1-34H. The molecule has 0 aliphatic heterocycles. The van der Waals surface area contributed by atoms with Gasteiger partial charge in [0.05, 0.1) is 54.7 Å². The highest BCUT2D eigenvalue weighted by Gasteiger charge is 2.19. The van der Waals surface area contributed by atoms with Crippen molar-refractivity contribution in [3.63, 3.8) is 0 Å². The highest BCUT2D eigenvalue weighted by Crippen LogP contribution is 2.40. The molecule has 7 heterocycles. The first kappa shape index (κ1) is 35.5. The minimum atomic E-state index is 0.873. The van der Waals surface area contributed by atoms with Gasteiger partial charge in [0.25, 0.3) is 0 Å². The third-order valence-corrected chi connectivity index (χ3v) is 13.3. The SMILES string of the molecule is c1ccc(-c2cc(-c3ccccc3)nc(-n3c4ccccc4c4cc(-c5ccc6c(c5)c5ccccc5n6-c5cncc(-c6ccc7sc8cccnc8c7n6)c5)ccc43)c2)cc1. The monoisotopic (exact) mass is 822 g/mol. The first-order valence-corrected chi connectivity index (χ1v) is 21.8. The van der Waals surface area contributed by atoms with Gasteiger partial charge in [-0.15, -0.1) is 11.3 Å². The molecule has 0 atom stereocenters. The van der Waals surface area contributed by atoms with Gasteiger partial charge >= 0.3 is 0 Å². The summed E-state index contributed by atoms with van der Waals surface area (Å²) >= 11 is 1.72. The van der Waals surface area contributed by atoms with Crippen molar-refractivity contribution in [3.05, 3.63) is 207 Å². The fourth-order valence-electron chi connectivity index (χ4n) is 9.33. The quantitative estimate of drug-likeness (QED) is 0.168. The summed E-state index contributed by atoms with van der Waals surface area (Å²) < 4.78 is 6.91. The number of thiophene rings is 1. The fraction of sp³-hybridized carbons (Fsp3) is 0. The van der Waals surface area contributed by atoms with Crippen molar-refractivity contribution in [2.75, 3.05) is 0 Å². The molecule has 0 radical (unpaired) electrons. The van der Waals surface area contributed by atoms with Crippen LogP contribution in [0.4, 0.5) is 0 Å². The molecule has 7 heteroatoms. The fourth-order valence-corrected chi connectivity index (χ4v) is 10.3. The van der Waals surface area contributed by atoms with Gasteiger partial charge in [-0.05, 0) is 101 Å². The molecule has 7 aromatic heterocycles. The van der Waals surface area contributed by atoms with Gasteiger partial charge in [-0.1, -0.05) is 109 Å². The van der Waals surface area contributed by atoms with Gasteiger partial charge in [-0.3, -0.25) is 14.5 Å². The molecule has 0 unspecified atom stereocenters. The summed E-state index contributed by atoms with van der Waals surface area (Å²) in [6, 6.07) is 67.0. The lowest BCUT2D eigenvalue weighted by molar-refractivity contribution is 1.08.